The van der Waals surface area contributed by atoms with Crippen molar-refractivity contribution in [1.29, 1.82) is 0 Å². The molecule has 3 aliphatic rings. The molecule has 0 N–H and O–H groups in total. The molecule has 1 atom stereocenters. The number of allylic oxidation sites excluding steroid dienone is 8. The van der Waals surface area contributed by atoms with Crippen LogP contribution in [-0.4, -0.2) is 139 Å². The Morgan fingerprint density at radius 1 is 0.675 bits per heavy atom. The van der Waals surface area contributed by atoms with E-state index in [1.165, 1.54) is 18.2 Å². The summed E-state index contributed by atoms with van der Waals surface area (Å²) in [5.74, 6) is -1.96. The SMILES string of the molecule is CCc1cc(S(=O)(=O)[O-])cc2c3c(ccc12)[N+](CCOCCOC)=C(/C=C/C=C/C=C/C=C1/N(CCCOCCOC)c2ccc4c(S(=O)(=O)[O-])cc(S(=O)(=O)[O-])cc4c2C1(C)CCCCCC(=O)ON1C(=O)CCC1=O)C3(C)C. The van der Waals surface area contributed by atoms with Gasteiger partial charge in [-0.15, -0.1) is 5.06 Å². The number of ether oxygens (including phenoxy) is 4. The second-order valence-electron chi connectivity index (χ2n) is 20.3. The number of anilines is 1. The standard InChI is InChI=1S/C57H69N3O17S3/c1-7-39-35-40(78(64,65)66)36-44-42(39)20-22-46-54(44)56(2,3)49(59(46)28-30-76-34-32-74-6)17-12-9-8-10-13-18-50-57(4,26-15-11-14-19-53(63)77-60-51(61)24-25-52(60)62)55-45-37-41(79(67,68)69)38-48(80(70,71)72)43(45)21-23-47(55)58(50)27-16-29-75-33-31-73-5/h8-10,12-13,17-18,20-23,35-38H,7,11,14-16,19,24-34H2,1-6H3,(H2-,64,65,66,67,68,69,70,71,72)/p-2. The molecule has 1 unspecified atom stereocenters. The Bertz CT molecular complexity index is 3530. The quantitative estimate of drug-likeness (QED) is 0.0178. The van der Waals surface area contributed by atoms with Gasteiger partial charge in [-0.05, 0) is 122 Å². The van der Waals surface area contributed by atoms with Gasteiger partial charge in [0.25, 0.3) is 11.8 Å². The van der Waals surface area contributed by atoms with E-state index in [0.717, 1.165) is 34.0 Å². The van der Waals surface area contributed by atoms with Gasteiger partial charge < -0.3 is 42.3 Å². The fraction of sp³-hybridized carbons (Fsp3) is 0.439. The molecule has 4 aromatic rings. The maximum absolute atomic E-state index is 12.8. The molecule has 7 rings (SSSR count). The molecule has 0 saturated carbocycles. The van der Waals surface area contributed by atoms with Crippen molar-refractivity contribution in [1.82, 2.24) is 5.06 Å². The van der Waals surface area contributed by atoms with Gasteiger partial charge in [0.15, 0.2) is 12.3 Å². The van der Waals surface area contributed by atoms with Crippen LogP contribution >= 0.6 is 0 Å². The Morgan fingerprint density at radius 2 is 1.29 bits per heavy atom. The summed E-state index contributed by atoms with van der Waals surface area (Å²) in [6.07, 6.45) is 15.3. The van der Waals surface area contributed by atoms with Crippen molar-refractivity contribution in [3.8, 4) is 0 Å². The van der Waals surface area contributed by atoms with Gasteiger partial charge in [0.2, 0.25) is 5.69 Å². The normalized spacial score (nSPS) is 18.2. The molecule has 3 heterocycles. The van der Waals surface area contributed by atoms with Gasteiger partial charge in [-0.3, -0.25) is 9.59 Å². The second-order valence-corrected chi connectivity index (χ2v) is 24.4. The van der Waals surface area contributed by atoms with Crippen LogP contribution in [0.2, 0.25) is 0 Å². The van der Waals surface area contributed by atoms with E-state index in [1.54, 1.807) is 20.3 Å². The first-order chi connectivity index (χ1) is 37.9. The number of hydroxylamine groups is 2. The Hall–Kier alpha value is -5.99. The van der Waals surface area contributed by atoms with E-state index in [-0.39, 0.29) is 34.9 Å². The van der Waals surface area contributed by atoms with Crippen molar-refractivity contribution in [2.45, 2.75) is 111 Å². The van der Waals surface area contributed by atoms with E-state index in [1.807, 2.05) is 87.3 Å². The zero-order valence-corrected chi connectivity index (χ0v) is 48.1. The molecule has 0 spiro atoms. The lowest BCUT2D eigenvalue weighted by atomic mass is 9.75. The smallest absolute Gasteiger partial charge is 0.333 e. The monoisotopic (exact) mass is 1160 g/mol. The predicted molar refractivity (Wildman–Crippen MR) is 294 cm³/mol. The van der Waals surface area contributed by atoms with Gasteiger partial charge in [0.05, 0.1) is 46.5 Å². The van der Waals surface area contributed by atoms with Crippen LogP contribution in [0.3, 0.4) is 0 Å². The van der Waals surface area contributed by atoms with E-state index in [0.29, 0.717) is 125 Å². The van der Waals surface area contributed by atoms with E-state index in [9.17, 15) is 53.3 Å². The first-order valence-electron chi connectivity index (χ1n) is 26.3. The van der Waals surface area contributed by atoms with Crippen LogP contribution in [0.15, 0.2) is 111 Å². The molecular formula is C57H67N3O17S3-2. The molecule has 3 aliphatic heterocycles. The molecule has 0 aliphatic carbocycles. The summed E-state index contributed by atoms with van der Waals surface area (Å²) in [6.45, 7) is 10.9. The number of rotatable bonds is 28. The van der Waals surface area contributed by atoms with Gasteiger partial charge in [0.1, 0.15) is 37.0 Å². The Kier molecular flexibility index (Phi) is 19.9. The largest absolute Gasteiger partial charge is 0.744 e. The Balaban J connectivity index is 1.25. The fourth-order valence-corrected chi connectivity index (χ4v) is 12.8. The summed E-state index contributed by atoms with van der Waals surface area (Å²) in [5, 5.41) is 2.03. The van der Waals surface area contributed by atoms with Crippen molar-refractivity contribution in [3.05, 3.63) is 113 Å². The minimum Gasteiger partial charge on any atom is -0.744 e. The third-order valence-corrected chi connectivity index (χ3v) is 17.2. The molecule has 1 fully saturated rings. The number of benzene rings is 4. The third-order valence-electron chi connectivity index (χ3n) is 14.7. The maximum atomic E-state index is 12.8. The van der Waals surface area contributed by atoms with Gasteiger partial charge in [-0.2, -0.15) is 4.58 Å². The zero-order valence-electron chi connectivity index (χ0n) is 45.7. The molecule has 0 bridgehead atoms. The zero-order chi connectivity index (χ0) is 58.2. The van der Waals surface area contributed by atoms with Crippen LogP contribution in [0.25, 0.3) is 21.5 Å². The predicted octanol–water partition coefficient (Wildman–Crippen LogP) is 7.25. The van der Waals surface area contributed by atoms with E-state index >= 15 is 0 Å². The Morgan fingerprint density at radius 3 is 1.93 bits per heavy atom. The number of imide groups is 1. The molecule has 0 radical (unpaired) electrons. The molecular weight excluding hydrogens is 1090 g/mol. The molecule has 80 heavy (non-hydrogen) atoms. The number of unbranched alkanes of at least 4 members (excludes halogenated alkanes) is 2. The number of fused-ring (bicyclic) bond motifs is 6. The Labute approximate surface area is 467 Å². The first-order valence-corrected chi connectivity index (χ1v) is 30.5. The average molecular weight is 1160 g/mol. The van der Waals surface area contributed by atoms with Gasteiger partial charge in [0, 0.05) is 81.1 Å². The number of methoxy groups -OCH3 is 2. The van der Waals surface area contributed by atoms with Crippen LogP contribution in [-0.2, 0) is 85.8 Å². The van der Waals surface area contributed by atoms with Crippen molar-refractivity contribution >= 4 is 86.8 Å². The number of carbonyl (C=O) groups is 3. The molecule has 4 aromatic carbocycles. The lowest BCUT2D eigenvalue weighted by Gasteiger charge is -2.31. The molecule has 1 saturated heterocycles. The number of amides is 2. The van der Waals surface area contributed by atoms with Crippen molar-refractivity contribution in [2.24, 2.45) is 0 Å². The molecule has 23 heteroatoms. The average Bonchev–Trinajstić information content (AvgIpc) is 3.97. The molecule has 2 amide bonds. The van der Waals surface area contributed by atoms with Gasteiger partial charge >= 0.3 is 5.97 Å². The lowest BCUT2D eigenvalue weighted by Crippen LogP contribution is -2.32. The van der Waals surface area contributed by atoms with Crippen LogP contribution in [0.4, 0.5) is 11.4 Å². The summed E-state index contributed by atoms with van der Waals surface area (Å²) in [5.41, 5.74) is 3.37. The van der Waals surface area contributed by atoms with E-state index < -0.39 is 68.8 Å². The highest BCUT2D eigenvalue weighted by Gasteiger charge is 2.47. The highest BCUT2D eigenvalue weighted by Crippen LogP contribution is 2.54. The highest BCUT2D eigenvalue weighted by molar-refractivity contribution is 7.86. The van der Waals surface area contributed by atoms with Gasteiger partial charge in [-0.1, -0.05) is 56.2 Å². The summed E-state index contributed by atoms with van der Waals surface area (Å²) in [4.78, 5) is 41.9. The van der Waals surface area contributed by atoms with E-state index in [4.69, 9.17) is 23.8 Å². The third kappa shape index (κ3) is 13.7. The van der Waals surface area contributed by atoms with Crippen LogP contribution in [0.5, 0.6) is 0 Å². The highest BCUT2D eigenvalue weighted by atomic mass is 32.2. The second kappa shape index (κ2) is 25.9. The lowest BCUT2D eigenvalue weighted by molar-refractivity contribution is -0.442. The van der Waals surface area contributed by atoms with E-state index in [2.05, 4.69) is 4.58 Å². The number of aryl methyl sites for hydroxylation is 1. The minimum atomic E-state index is -5.31. The summed E-state index contributed by atoms with van der Waals surface area (Å²) >= 11 is 0. The summed E-state index contributed by atoms with van der Waals surface area (Å²) in [7, 11) is -12.2. The van der Waals surface area contributed by atoms with Gasteiger partial charge in [-0.25, -0.2) is 30.0 Å². The molecule has 0 aromatic heterocycles. The van der Waals surface area contributed by atoms with Crippen molar-refractivity contribution in [3.63, 3.8) is 0 Å². The van der Waals surface area contributed by atoms with Crippen LogP contribution < -0.4 is 4.90 Å². The summed E-state index contributed by atoms with van der Waals surface area (Å²) < 4.78 is 138. The first kappa shape index (κ1) is 61.6. The molecule has 432 valence electrons. The summed E-state index contributed by atoms with van der Waals surface area (Å²) in [6, 6.07) is 11.7. The van der Waals surface area contributed by atoms with Crippen LogP contribution in [0.1, 0.15) is 95.8 Å². The number of hydrogen-bond donors (Lipinski definition) is 0. The number of hydrogen-bond acceptors (Lipinski definition) is 18. The van der Waals surface area contributed by atoms with Crippen LogP contribution in [0, 0.1) is 0 Å². The minimum absolute atomic E-state index is 0.0499. The van der Waals surface area contributed by atoms with Crippen molar-refractivity contribution in [2.75, 3.05) is 71.9 Å². The van der Waals surface area contributed by atoms with Crippen molar-refractivity contribution < 1.29 is 81.7 Å². The number of carbonyl (C=O) groups excluding carboxylic acids is 3. The maximum Gasteiger partial charge on any atom is 0.333 e. The fourth-order valence-electron chi connectivity index (χ4n) is 11.0. The number of nitrogens with zero attached hydrogens (tertiary/aromatic N) is 3. The molecule has 20 nitrogen and oxygen atoms in total. The topological polar surface area (TPSA) is 278 Å².